The molecule has 1 aromatic rings. The van der Waals surface area contributed by atoms with Crippen LogP contribution in [-0.4, -0.2) is 48.2 Å². The minimum absolute atomic E-state index is 0.0131. The number of aromatic nitrogens is 2. The average Bonchev–Trinajstić information content (AvgIpc) is 2.82. The summed E-state index contributed by atoms with van der Waals surface area (Å²) < 4.78 is 20.2. The van der Waals surface area contributed by atoms with Crippen LogP contribution >= 0.6 is 31.9 Å². The van der Waals surface area contributed by atoms with E-state index in [0.29, 0.717) is 6.61 Å². The third-order valence-electron chi connectivity index (χ3n) is 7.10. The summed E-state index contributed by atoms with van der Waals surface area (Å²) in [5.74, 6) is 0. The molecule has 0 bridgehead atoms. The summed E-state index contributed by atoms with van der Waals surface area (Å²) in [6.07, 6.45) is -0.128. The van der Waals surface area contributed by atoms with E-state index in [1.165, 1.54) is 16.8 Å². The third kappa shape index (κ3) is 5.77. The van der Waals surface area contributed by atoms with Crippen molar-refractivity contribution >= 4 is 48.5 Å². The molecule has 1 fully saturated rings. The number of alkyl halides is 2. The van der Waals surface area contributed by atoms with Crippen LogP contribution in [0.2, 0.25) is 36.3 Å². The predicted molar refractivity (Wildman–Crippen MR) is 141 cm³/mol. The van der Waals surface area contributed by atoms with Gasteiger partial charge in [0.25, 0.3) is 5.56 Å². The minimum atomic E-state index is -2.19. The van der Waals surface area contributed by atoms with Gasteiger partial charge in [-0.05, 0) is 36.3 Å². The van der Waals surface area contributed by atoms with Gasteiger partial charge in [-0.3, -0.25) is 14.3 Å². The maximum Gasteiger partial charge on any atom is 0.330 e. The fourth-order valence-corrected chi connectivity index (χ4v) is 6.98. The molecule has 7 nitrogen and oxygen atoms in total. The summed E-state index contributed by atoms with van der Waals surface area (Å²) in [5, 5.41) is 0.0391. The summed E-state index contributed by atoms with van der Waals surface area (Å²) >= 11 is 7.55. The van der Waals surface area contributed by atoms with Gasteiger partial charge in [-0.15, -0.1) is 0 Å². The number of hydrogen-bond acceptors (Lipinski definition) is 5. The van der Waals surface area contributed by atoms with Crippen LogP contribution in [0.3, 0.4) is 0 Å². The Hall–Kier alpha value is -0.0462. The molecule has 0 saturated carbocycles. The van der Waals surface area contributed by atoms with E-state index >= 15 is 0 Å². The van der Waals surface area contributed by atoms with Crippen molar-refractivity contribution in [3.05, 3.63) is 33.1 Å². The second-order valence-corrected chi connectivity index (χ2v) is 24.8. The lowest BCUT2D eigenvalue weighted by molar-refractivity contribution is -0.0412. The molecule has 0 spiro atoms. The lowest BCUT2D eigenvalue weighted by atomic mass is 10.2. The first-order chi connectivity index (χ1) is 14.2. The van der Waals surface area contributed by atoms with E-state index in [1.54, 1.807) is 0 Å². The molecule has 3 atom stereocenters. The molecule has 32 heavy (non-hydrogen) atoms. The Kier molecular flexibility index (Phi) is 8.10. The molecule has 1 aliphatic heterocycles. The summed E-state index contributed by atoms with van der Waals surface area (Å²) in [6.45, 7) is 22.3. The minimum Gasteiger partial charge on any atom is -0.414 e. The van der Waals surface area contributed by atoms with Crippen molar-refractivity contribution in [1.82, 2.24) is 9.55 Å². The Bertz CT molecular complexity index is 932. The fourth-order valence-electron chi connectivity index (χ4n) is 2.86. The van der Waals surface area contributed by atoms with Crippen molar-refractivity contribution in [2.75, 3.05) is 6.61 Å². The van der Waals surface area contributed by atoms with E-state index in [9.17, 15) is 9.59 Å². The summed E-state index contributed by atoms with van der Waals surface area (Å²) in [7, 11) is -4.23. The van der Waals surface area contributed by atoms with Crippen LogP contribution in [0.5, 0.6) is 0 Å². The van der Waals surface area contributed by atoms with E-state index in [2.05, 4.69) is 105 Å². The highest BCUT2D eigenvalue weighted by atomic mass is 79.9. The van der Waals surface area contributed by atoms with Crippen LogP contribution in [0.1, 0.15) is 47.8 Å². The van der Waals surface area contributed by atoms with E-state index in [-0.39, 0.29) is 10.1 Å². The van der Waals surface area contributed by atoms with Crippen LogP contribution in [0.4, 0.5) is 0 Å². The molecule has 0 aromatic carbocycles. The molecule has 11 heteroatoms. The average molecular weight is 615 g/mol. The van der Waals surface area contributed by atoms with Gasteiger partial charge in [-0.25, -0.2) is 4.79 Å². The zero-order valence-corrected chi connectivity index (χ0v) is 26.0. The van der Waals surface area contributed by atoms with Gasteiger partial charge in [0.05, 0.1) is 6.61 Å². The first kappa shape index (κ1) is 28.2. The lowest BCUT2D eigenvalue weighted by Crippen LogP contribution is -2.52. The Morgan fingerprint density at radius 2 is 1.59 bits per heavy atom. The van der Waals surface area contributed by atoms with Crippen molar-refractivity contribution in [2.45, 2.75) is 99.5 Å². The standard InChI is InChI=1S/C21H38Br2N2O5Si2/c1-19(2,3)31(7,8)28-13-14-16(30-32(9,10)20(4,5)6)21(22,23)17(29-14)25-12-11-15(26)24-18(25)27/h11-12,14,16-17H,13H2,1-10H3,(H,24,26,27)/t14-,16-,17+/m1/s1. The third-order valence-corrected chi connectivity index (χ3v) is 17.7. The van der Waals surface area contributed by atoms with Crippen LogP contribution in [0.25, 0.3) is 0 Å². The number of hydrogen-bond donors (Lipinski definition) is 1. The molecule has 0 amide bonds. The first-order valence-corrected chi connectivity index (χ1v) is 18.3. The van der Waals surface area contributed by atoms with Gasteiger partial charge in [0.1, 0.15) is 12.2 Å². The molecule has 2 heterocycles. The van der Waals surface area contributed by atoms with Crippen LogP contribution in [-0.2, 0) is 13.6 Å². The van der Waals surface area contributed by atoms with Gasteiger partial charge in [0, 0.05) is 12.3 Å². The lowest BCUT2D eigenvalue weighted by Gasteiger charge is -2.42. The number of aromatic amines is 1. The number of halogens is 2. The zero-order chi connectivity index (χ0) is 24.9. The maximum atomic E-state index is 12.6. The van der Waals surface area contributed by atoms with Gasteiger partial charge in [0.2, 0.25) is 0 Å². The SMILES string of the molecule is CC(C)(C)[Si](C)(C)OC[C@H]1O[C@H](n2ccc(=O)[nH]c2=O)C(Br)(Br)[C@@H]1O[Si](C)(C)C(C)(C)C. The highest BCUT2D eigenvalue weighted by molar-refractivity contribution is 9.25. The maximum absolute atomic E-state index is 12.6. The molecule has 2 rings (SSSR count). The van der Waals surface area contributed by atoms with Crippen LogP contribution in [0, 0.1) is 0 Å². The molecule has 1 saturated heterocycles. The Morgan fingerprint density at radius 3 is 2.06 bits per heavy atom. The monoisotopic (exact) mass is 612 g/mol. The topological polar surface area (TPSA) is 82.5 Å². The largest absolute Gasteiger partial charge is 0.414 e. The first-order valence-electron chi connectivity index (χ1n) is 10.9. The number of nitrogens with zero attached hydrogens (tertiary/aromatic N) is 1. The Balaban J connectivity index is 2.46. The summed E-state index contributed by atoms with van der Waals surface area (Å²) in [4.78, 5) is 26.4. The van der Waals surface area contributed by atoms with Gasteiger partial charge in [-0.1, -0.05) is 73.4 Å². The summed E-state index contributed by atoms with van der Waals surface area (Å²) in [6, 6.07) is 1.31. The molecule has 184 valence electrons. The van der Waals surface area contributed by atoms with E-state index < -0.39 is 49.6 Å². The fraction of sp³-hybridized carbons (Fsp3) is 0.810. The normalized spacial score (nSPS) is 24.7. The van der Waals surface area contributed by atoms with Crippen molar-refractivity contribution < 1.29 is 13.6 Å². The van der Waals surface area contributed by atoms with Crippen molar-refractivity contribution in [3.8, 4) is 0 Å². The van der Waals surface area contributed by atoms with E-state index in [0.717, 1.165) is 0 Å². The smallest absolute Gasteiger partial charge is 0.330 e. The van der Waals surface area contributed by atoms with E-state index in [1.807, 2.05) is 0 Å². The summed E-state index contributed by atoms with van der Waals surface area (Å²) in [5.41, 5.74) is -0.992. The number of H-pyrrole nitrogens is 1. The van der Waals surface area contributed by atoms with Gasteiger partial charge < -0.3 is 13.6 Å². The Morgan fingerprint density at radius 1 is 1.06 bits per heavy atom. The van der Waals surface area contributed by atoms with Gasteiger partial charge >= 0.3 is 5.69 Å². The highest BCUT2D eigenvalue weighted by Gasteiger charge is 2.58. The second-order valence-electron chi connectivity index (χ2n) is 11.6. The van der Waals surface area contributed by atoms with Crippen LogP contribution < -0.4 is 11.2 Å². The van der Waals surface area contributed by atoms with E-state index in [4.69, 9.17) is 13.6 Å². The molecule has 0 unspecified atom stereocenters. The van der Waals surface area contributed by atoms with Gasteiger partial charge in [0.15, 0.2) is 26.1 Å². The molecule has 1 aromatic heterocycles. The number of ether oxygens (including phenoxy) is 1. The molecule has 1 N–H and O–H groups in total. The molecule has 0 radical (unpaired) electrons. The molecule has 1 aliphatic rings. The quantitative estimate of drug-likeness (QED) is 0.346. The van der Waals surface area contributed by atoms with Crippen molar-refractivity contribution in [1.29, 1.82) is 0 Å². The molecular weight excluding hydrogens is 576 g/mol. The highest BCUT2D eigenvalue weighted by Crippen LogP contribution is 2.53. The molecular formula is C21H38Br2N2O5Si2. The zero-order valence-electron chi connectivity index (χ0n) is 20.8. The number of nitrogens with one attached hydrogen (secondary N) is 1. The second kappa shape index (κ2) is 9.20. The number of rotatable bonds is 6. The van der Waals surface area contributed by atoms with Crippen molar-refractivity contribution in [3.63, 3.8) is 0 Å². The Labute approximate surface area is 210 Å². The van der Waals surface area contributed by atoms with Gasteiger partial charge in [-0.2, -0.15) is 0 Å². The van der Waals surface area contributed by atoms with Crippen molar-refractivity contribution in [2.24, 2.45) is 0 Å². The molecule has 0 aliphatic carbocycles. The predicted octanol–water partition coefficient (Wildman–Crippen LogP) is 5.33. The van der Waals surface area contributed by atoms with Crippen LogP contribution in [0.15, 0.2) is 21.9 Å².